The van der Waals surface area contributed by atoms with E-state index in [1.54, 1.807) is 0 Å². The lowest BCUT2D eigenvalue weighted by Gasteiger charge is -2.08. The van der Waals surface area contributed by atoms with Crippen molar-refractivity contribution in [2.24, 2.45) is 0 Å². The number of thioether (sulfide) groups is 1. The standard InChI is InChI=1S/C13H21N3S/c1-2-14-9-11-7-8-15-13(16-11)10-17-12-5-3-4-6-12/h7-8,12,14H,2-6,9-10H2,1H3. The van der Waals surface area contributed by atoms with Gasteiger partial charge in [-0.05, 0) is 25.5 Å². The van der Waals surface area contributed by atoms with Crippen LogP contribution in [0.25, 0.3) is 0 Å². The summed E-state index contributed by atoms with van der Waals surface area (Å²) < 4.78 is 0. The largest absolute Gasteiger partial charge is 0.311 e. The molecule has 1 aliphatic rings. The average molecular weight is 251 g/mol. The van der Waals surface area contributed by atoms with Gasteiger partial charge in [-0.2, -0.15) is 11.8 Å². The Kier molecular flexibility index (Phi) is 5.26. The molecule has 0 aliphatic heterocycles. The zero-order valence-corrected chi connectivity index (χ0v) is 11.3. The highest BCUT2D eigenvalue weighted by atomic mass is 32.2. The summed E-state index contributed by atoms with van der Waals surface area (Å²) in [5, 5.41) is 4.14. The molecule has 1 aromatic rings. The lowest BCUT2D eigenvalue weighted by molar-refractivity contribution is 0.704. The lowest BCUT2D eigenvalue weighted by atomic mass is 10.4. The Labute approximate surface area is 108 Å². The van der Waals surface area contributed by atoms with Crippen LogP contribution >= 0.6 is 11.8 Å². The van der Waals surface area contributed by atoms with Crippen LogP contribution in [0, 0.1) is 0 Å². The molecule has 3 nitrogen and oxygen atoms in total. The summed E-state index contributed by atoms with van der Waals surface area (Å²) in [7, 11) is 0. The van der Waals surface area contributed by atoms with Gasteiger partial charge in [0.15, 0.2) is 0 Å². The van der Waals surface area contributed by atoms with Gasteiger partial charge in [0.25, 0.3) is 0 Å². The average Bonchev–Trinajstić information content (AvgIpc) is 2.87. The Bertz CT molecular complexity index is 337. The minimum absolute atomic E-state index is 0.844. The number of rotatable bonds is 6. The normalized spacial score (nSPS) is 16.5. The first kappa shape index (κ1) is 12.8. The van der Waals surface area contributed by atoms with Crippen molar-refractivity contribution in [3.05, 3.63) is 23.8 Å². The first-order valence-electron chi connectivity index (χ1n) is 6.51. The van der Waals surface area contributed by atoms with E-state index in [4.69, 9.17) is 0 Å². The Morgan fingerprint density at radius 2 is 2.24 bits per heavy atom. The Morgan fingerprint density at radius 1 is 1.41 bits per heavy atom. The molecule has 94 valence electrons. The third kappa shape index (κ3) is 4.28. The minimum Gasteiger partial charge on any atom is -0.311 e. The van der Waals surface area contributed by atoms with Crippen molar-refractivity contribution in [1.29, 1.82) is 0 Å². The molecule has 0 saturated heterocycles. The third-order valence-corrected chi connectivity index (χ3v) is 4.44. The van der Waals surface area contributed by atoms with Crippen LogP contribution in [0.1, 0.15) is 44.1 Å². The molecule has 0 unspecified atom stereocenters. The van der Waals surface area contributed by atoms with E-state index >= 15 is 0 Å². The number of nitrogens with one attached hydrogen (secondary N) is 1. The zero-order chi connectivity index (χ0) is 11.9. The van der Waals surface area contributed by atoms with Gasteiger partial charge in [0.1, 0.15) is 5.82 Å². The summed E-state index contributed by atoms with van der Waals surface area (Å²) in [5.41, 5.74) is 1.10. The van der Waals surface area contributed by atoms with Crippen LogP contribution in [0.2, 0.25) is 0 Å². The van der Waals surface area contributed by atoms with E-state index in [2.05, 4.69) is 22.2 Å². The molecule has 0 radical (unpaired) electrons. The zero-order valence-electron chi connectivity index (χ0n) is 10.5. The second-order valence-electron chi connectivity index (χ2n) is 4.46. The van der Waals surface area contributed by atoms with Crippen molar-refractivity contribution in [1.82, 2.24) is 15.3 Å². The van der Waals surface area contributed by atoms with E-state index in [9.17, 15) is 0 Å². The molecule has 2 rings (SSSR count). The smallest absolute Gasteiger partial charge is 0.138 e. The van der Waals surface area contributed by atoms with Crippen molar-refractivity contribution in [2.45, 2.75) is 50.2 Å². The van der Waals surface area contributed by atoms with Crippen molar-refractivity contribution >= 4 is 11.8 Å². The van der Waals surface area contributed by atoms with Crippen LogP contribution in [0.5, 0.6) is 0 Å². The molecule has 1 N–H and O–H groups in total. The van der Waals surface area contributed by atoms with E-state index in [0.717, 1.165) is 35.6 Å². The van der Waals surface area contributed by atoms with Crippen LogP contribution in [0.4, 0.5) is 0 Å². The van der Waals surface area contributed by atoms with E-state index in [0.29, 0.717) is 0 Å². The molecule has 1 aromatic heterocycles. The molecule has 0 bridgehead atoms. The fourth-order valence-electron chi connectivity index (χ4n) is 2.11. The summed E-state index contributed by atoms with van der Waals surface area (Å²) in [6.07, 6.45) is 7.44. The third-order valence-electron chi connectivity index (χ3n) is 3.07. The van der Waals surface area contributed by atoms with Crippen LogP contribution in [-0.4, -0.2) is 21.8 Å². The molecule has 1 heterocycles. The molecule has 0 spiro atoms. The fraction of sp³-hybridized carbons (Fsp3) is 0.692. The molecule has 0 atom stereocenters. The van der Waals surface area contributed by atoms with Crippen molar-refractivity contribution in [3.8, 4) is 0 Å². The molecule has 0 amide bonds. The van der Waals surface area contributed by atoms with Crippen LogP contribution in [0.15, 0.2) is 12.3 Å². The van der Waals surface area contributed by atoms with Gasteiger partial charge < -0.3 is 5.32 Å². The molecule has 1 fully saturated rings. The predicted molar refractivity (Wildman–Crippen MR) is 73.0 cm³/mol. The highest BCUT2D eigenvalue weighted by molar-refractivity contribution is 7.99. The Hall–Kier alpha value is -0.610. The number of hydrogen-bond donors (Lipinski definition) is 1. The van der Waals surface area contributed by atoms with Gasteiger partial charge >= 0.3 is 0 Å². The minimum atomic E-state index is 0.844. The van der Waals surface area contributed by atoms with Gasteiger partial charge in [-0.3, -0.25) is 0 Å². The quantitative estimate of drug-likeness (QED) is 0.843. The molecular formula is C13H21N3S. The highest BCUT2D eigenvalue weighted by Crippen LogP contribution is 2.30. The second-order valence-corrected chi connectivity index (χ2v) is 5.75. The number of nitrogens with zero attached hydrogens (tertiary/aromatic N) is 2. The van der Waals surface area contributed by atoms with Gasteiger partial charge in [-0.15, -0.1) is 0 Å². The van der Waals surface area contributed by atoms with Gasteiger partial charge in [0, 0.05) is 18.0 Å². The van der Waals surface area contributed by atoms with Crippen LogP contribution in [0.3, 0.4) is 0 Å². The van der Waals surface area contributed by atoms with Crippen LogP contribution in [-0.2, 0) is 12.3 Å². The predicted octanol–water partition coefficient (Wildman–Crippen LogP) is 2.76. The van der Waals surface area contributed by atoms with E-state index < -0.39 is 0 Å². The van der Waals surface area contributed by atoms with E-state index in [-0.39, 0.29) is 0 Å². The van der Waals surface area contributed by atoms with E-state index in [1.807, 2.05) is 24.0 Å². The first-order chi connectivity index (χ1) is 8.38. The summed E-state index contributed by atoms with van der Waals surface area (Å²) >= 11 is 2.02. The monoisotopic (exact) mass is 251 g/mol. The van der Waals surface area contributed by atoms with Gasteiger partial charge in [0.2, 0.25) is 0 Å². The maximum absolute atomic E-state index is 4.58. The van der Waals surface area contributed by atoms with Gasteiger partial charge in [0.05, 0.1) is 11.4 Å². The number of aromatic nitrogens is 2. The fourth-order valence-corrected chi connectivity index (χ4v) is 3.30. The Morgan fingerprint density at radius 3 is 3.00 bits per heavy atom. The molecule has 17 heavy (non-hydrogen) atoms. The molecule has 4 heteroatoms. The van der Waals surface area contributed by atoms with Gasteiger partial charge in [-0.1, -0.05) is 19.8 Å². The summed E-state index contributed by atoms with van der Waals surface area (Å²) in [6, 6.07) is 1.99. The van der Waals surface area contributed by atoms with Crippen LogP contribution < -0.4 is 5.32 Å². The Balaban J connectivity index is 1.82. The summed E-state index contributed by atoms with van der Waals surface area (Å²) in [4.78, 5) is 8.93. The first-order valence-corrected chi connectivity index (χ1v) is 7.56. The summed E-state index contributed by atoms with van der Waals surface area (Å²) in [5.74, 6) is 1.95. The van der Waals surface area contributed by atoms with E-state index in [1.165, 1.54) is 25.7 Å². The lowest BCUT2D eigenvalue weighted by Crippen LogP contribution is -2.13. The molecule has 0 aromatic carbocycles. The molecular weight excluding hydrogens is 230 g/mol. The van der Waals surface area contributed by atoms with Gasteiger partial charge in [-0.25, -0.2) is 9.97 Å². The maximum Gasteiger partial charge on any atom is 0.138 e. The number of hydrogen-bond acceptors (Lipinski definition) is 4. The SMILES string of the molecule is CCNCc1ccnc(CSC2CCCC2)n1. The van der Waals surface area contributed by atoms with Crippen molar-refractivity contribution in [2.75, 3.05) is 6.54 Å². The topological polar surface area (TPSA) is 37.8 Å². The summed E-state index contributed by atoms with van der Waals surface area (Å²) in [6.45, 7) is 3.94. The van der Waals surface area contributed by atoms with Crippen molar-refractivity contribution < 1.29 is 0 Å². The highest BCUT2D eigenvalue weighted by Gasteiger charge is 2.15. The molecule has 1 aliphatic carbocycles. The second kappa shape index (κ2) is 6.97. The molecule has 1 saturated carbocycles. The van der Waals surface area contributed by atoms with Crippen molar-refractivity contribution in [3.63, 3.8) is 0 Å². The maximum atomic E-state index is 4.58.